The molecule has 0 fully saturated rings. The van der Waals surface area contributed by atoms with Crippen molar-refractivity contribution in [3.63, 3.8) is 0 Å². The summed E-state index contributed by atoms with van der Waals surface area (Å²) in [5, 5.41) is 4.66. The van der Waals surface area contributed by atoms with Crippen LogP contribution in [-0.4, -0.2) is 26.5 Å². The minimum atomic E-state index is -0.808. The van der Waals surface area contributed by atoms with E-state index in [1.165, 1.54) is 4.68 Å². The molecule has 0 aliphatic carbocycles. The average molecular weight is 520 g/mol. The minimum absolute atomic E-state index is 0.216. The Kier molecular flexibility index (Phi) is 7.41. The molecule has 0 radical (unpaired) electrons. The van der Waals surface area contributed by atoms with Crippen LogP contribution in [0.4, 0.5) is 4.79 Å². The van der Waals surface area contributed by atoms with E-state index >= 15 is 0 Å². The molecule has 0 atom stereocenters. The zero-order chi connectivity index (χ0) is 27.2. The molecule has 7 nitrogen and oxygen atoms in total. The molecule has 7 heteroatoms. The van der Waals surface area contributed by atoms with E-state index in [1.807, 2.05) is 91.0 Å². The summed E-state index contributed by atoms with van der Waals surface area (Å²) in [5.41, 5.74) is 4.07. The SMILES string of the molecule is CC(C)(C)OC(=O)Oc1cc(-c2ccc(-c3ccc(OCc4ccccc4)cc3)cc2)nn1-c1ccccn1. The Morgan fingerprint density at radius 1 is 0.795 bits per heavy atom. The van der Waals surface area contributed by atoms with Gasteiger partial charge >= 0.3 is 6.16 Å². The second kappa shape index (κ2) is 11.2. The van der Waals surface area contributed by atoms with Gasteiger partial charge in [0, 0.05) is 17.8 Å². The van der Waals surface area contributed by atoms with Gasteiger partial charge in [-0.3, -0.25) is 0 Å². The van der Waals surface area contributed by atoms with Crippen molar-refractivity contribution < 1.29 is 19.0 Å². The van der Waals surface area contributed by atoms with Crippen LogP contribution in [-0.2, 0) is 11.3 Å². The zero-order valence-electron chi connectivity index (χ0n) is 22.1. The molecule has 0 unspecified atom stereocenters. The van der Waals surface area contributed by atoms with Gasteiger partial charge in [-0.2, -0.15) is 9.78 Å². The highest BCUT2D eigenvalue weighted by Crippen LogP contribution is 2.29. The lowest BCUT2D eigenvalue weighted by atomic mass is 10.0. The van der Waals surface area contributed by atoms with E-state index < -0.39 is 11.8 Å². The van der Waals surface area contributed by atoms with Gasteiger partial charge in [-0.05, 0) is 61.7 Å². The highest BCUT2D eigenvalue weighted by Gasteiger charge is 2.22. The summed E-state index contributed by atoms with van der Waals surface area (Å²) >= 11 is 0. The summed E-state index contributed by atoms with van der Waals surface area (Å²) in [6, 6.07) is 33.3. The van der Waals surface area contributed by atoms with Crippen molar-refractivity contribution in [1.29, 1.82) is 0 Å². The first kappa shape index (κ1) is 25.7. The maximum Gasteiger partial charge on any atom is 0.515 e. The van der Waals surface area contributed by atoms with Crippen LogP contribution < -0.4 is 9.47 Å². The Balaban J connectivity index is 1.33. The van der Waals surface area contributed by atoms with Gasteiger partial charge in [-0.25, -0.2) is 9.78 Å². The van der Waals surface area contributed by atoms with Crippen molar-refractivity contribution >= 4 is 6.16 Å². The zero-order valence-corrected chi connectivity index (χ0v) is 22.1. The first-order valence-corrected chi connectivity index (χ1v) is 12.6. The predicted molar refractivity (Wildman–Crippen MR) is 150 cm³/mol. The van der Waals surface area contributed by atoms with E-state index in [4.69, 9.17) is 14.2 Å². The number of carbonyl (C=O) groups is 1. The first-order valence-electron chi connectivity index (χ1n) is 12.6. The molecule has 0 saturated heterocycles. The van der Waals surface area contributed by atoms with Gasteiger partial charge in [0.2, 0.25) is 5.88 Å². The van der Waals surface area contributed by atoms with Gasteiger partial charge < -0.3 is 14.2 Å². The van der Waals surface area contributed by atoms with Crippen molar-refractivity contribution in [1.82, 2.24) is 14.8 Å². The summed E-state index contributed by atoms with van der Waals surface area (Å²) in [5.74, 6) is 1.55. The van der Waals surface area contributed by atoms with Crippen LogP contribution >= 0.6 is 0 Å². The van der Waals surface area contributed by atoms with Crippen molar-refractivity contribution in [2.45, 2.75) is 33.0 Å². The molecule has 5 aromatic rings. The lowest BCUT2D eigenvalue weighted by Crippen LogP contribution is -2.26. The summed E-state index contributed by atoms with van der Waals surface area (Å²) in [6.07, 6.45) is 0.846. The second-order valence-electron chi connectivity index (χ2n) is 9.91. The molecule has 0 aliphatic rings. The number of pyridine rings is 1. The lowest BCUT2D eigenvalue weighted by Gasteiger charge is -2.18. The highest BCUT2D eigenvalue weighted by molar-refractivity contribution is 5.71. The standard InChI is InChI=1S/C32H29N3O4/c1-32(2,3)39-31(36)38-30-21-28(34-35(30)29-11-7-8-20-33-29)26-14-12-24(13-15-26)25-16-18-27(19-17-25)37-22-23-9-5-4-6-10-23/h4-21H,22H2,1-3H3. The van der Waals surface area contributed by atoms with Crippen LogP contribution in [0.15, 0.2) is 109 Å². The van der Waals surface area contributed by atoms with E-state index in [0.29, 0.717) is 18.1 Å². The minimum Gasteiger partial charge on any atom is -0.489 e. The second-order valence-corrected chi connectivity index (χ2v) is 9.91. The molecule has 3 aromatic carbocycles. The predicted octanol–water partition coefficient (Wildman–Crippen LogP) is 7.49. The molecular weight excluding hydrogens is 490 g/mol. The number of nitrogens with zero attached hydrogens (tertiary/aromatic N) is 3. The van der Waals surface area contributed by atoms with Gasteiger partial charge in [-0.1, -0.05) is 72.8 Å². The molecule has 0 saturated carbocycles. The fourth-order valence-corrected chi connectivity index (χ4v) is 3.90. The fourth-order valence-electron chi connectivity index (χ4n) is 3.90. The van der Waals surface area contributed by atoms with Crippen molar-refractivity contribution in [3.05, 3.63) is 115 Å². The van der Waals surface area contributed by atoms with E-state index in [2.05, 4.69) is 10.1 Å². The summed E-state index contributed by atoms with van der Waals surface area (Å²) in [4.78, 5) is 16.7. The molecule has 0 aliphatic heterocycles. The van der Waals surface area contributed by atoms with E-state index in [-0.39, 0.29) is 5.88 Å². The van der Waals surface area contributed by atoms with Crippen molar-refractivity contribution in [3.8, 4) is 39.8 Å². The van der Waals surface area contributed by atoms with Crippen LogP contribution in [0.5, 0.6) is 11.6 Å². The third kappa shape index (κ3) is 6.70. The Bertz CT molecular complexity index is 1520. The van der Waals surface area contributed by atoms with Crippen LogP contribution in [0.1, 0.15) is 26.3 Å². The number of rotatable bonds is 7. The van der Waals surface area contributed by atoms with E-state index in [9.17, 15) is 4.79 Å². The van der Waals surface area contributed by atoms with Gasteiger partial charge in [0.25, 0.3) is 0 Å². The number of ether oxygens (including phenoxy) is 3. The number of carbonyl (C=O) groups excluding carboxylic acids is 1. The number of aromatic nitrogens is 3. The molecule has 2 heterocycles. The van der Waals surface area contributed by atoms with Gasteiger partial charge in [0.05, 0.1) is 5.69 Å². The summed E-state index contributed by atoms with van der Waals surface area (Å²) in [7, 11) is 0. The van der Waals surface area contributed by atoms with Crippen molar-refractivity contribution in [2.75, 3.05) is 0 Å². The largest absolute Gasteiger partial charge is 0.515 e. The number of hydrogen-bond acceptors (Lipinski definition) is 6. The smallest absolute Gasteiger partial charge is 0.489 e. The summed E-state index contributed by atoms with van der Waals surface area (Å²) in [6.45, 7) is 5.87. The third-order valence-electron chi connectivity index (χ3n) is 5.74. The Labute approximate surface area is 227 Å². The van der Waals surface area contributed by atoms with Crippen LogP contribution in [0.2, 0.25) is 0 Å². The van der Waals surface area contributed by atoms with Crippen LogP contribution in [0, 0.1) is 0 Å². The van der Waals surface area contributed by atoms with Crippen molar-refractivity contribution in [2.24, 2.45) is 0 Å². The van der Waals surface area contributed by atoms with Gasteiger partial charge in [-0.15, -0.1) is 0 Å². The molecule has 39 heavy (non-hydrogen) atoms. The molecular formula is C32H29N3O4. The average Bonchev–Trinajstić information content (AvgIpc) is 3.36. The third-order valence-corrected chi connectivity index (χ3v) is 5.74. The molecule has 0 bridgehead atoms. The Morgan fingerprint density at radius 3 is 2.08 bits per heavy atom. The fraction of sp³-hybridized carbons (Fsp3) is 0.156. The maximum absolute atomic E-state index is 12.4. The van der Waals surface area contributed by atoms with E-state index in [0.717, 1.165) is 28.0 Å². The summed E-state index contributed by atoms with van der Waals surface area (Å²) < 4.78 is 18.2. The molecule has 0 N–H and O–H groups in total. The molecule has 0 amide bonds. The highest BCUT2D eigenvalue weighted by atomic mass is 16.7. The molecule has 196 valence electrons. The van der Waals surface area contributed by atoms with Gasteiger partial charge in [0.1, 0.15) is 18.0 Å². The molecule has 5 rings (SSSR count). The van der Waals surface area contributed by atoms with Crippen LogP contribution in [0.3, 0.4) is 0 Å². The quantitative estimate of drug-likeness (QED) is 0.207. The normalized spacial score (nSPS) is 11.2. The van der Waals surface area contributed by atoms with E-state index in [1.54, 1.807) is 39.1 Å². The Morgan fingerprint density at radius 2 is 1.44 bits per heavy atom. The monoisotopic (exact) mass is 519 g/mol. The van der Waals surface area contributed by atoms with Gasteiger partial charge in [0.15, 0.2) is 5.82 Å². The molecule has 2 aromatic heterocycles. The number of hydrogen-bond donors (Lipinski definition) is 0. The first-order chi connectivity index (χ1) is 18.8. The Hall–Kier alpha value is -4.91. The topological polar surface area (TPSA) is 75.5 Å². The number of benzene rings is 3. The maximum atomic E-state index is 12.4. The van der Waals surface area contributed by atoms with Crippen LogP contribution in [0.25, 0.3) is 28.2 Å². The molecule has 0 spiro atoms. The lowest BCUT2D eigenvalue weighted by molar-refractivity contribution is 0.0192.